The molecule has 9 heteroatoms. The van der Waals surface area contributed by atoms with Crippen LogP contribution in [-0.2, 0) is 10.0 Å². The smallest absolute Gasteiger partial charge is 0.274 e. The molecule has 116 valence electrons. The fourth-order valence-electron chi connectivity index (χ4n) is 2.51. The first kappa shape index (κ1) is 15.6. The molecule has 1 atom stereocenters. The normalized spacial score (nSPS) is 19.7. The van der Waals surface area contributed by atoms with Crippen LogP contribution < -0.4 is 5.32 Å². The number of nitrogens with zero attached hydrogens (tertiary/aromatic N) is 2. The molecule has 1 saturated heterocycles. The molecule has 0 spiro atoms. The maximum atomic E-state index is 14.2. The number of benzene rings is 1. The van der Waals surface area contributed by atoms with E-state index < -0.39 is 31.3 Å². The van der Waals surface area contributed by atoms with Gasteiger partial charge in [-0.3, -0.25) is 10.1 Å². The van der Waals surface area contributed by atoms with Gasteiger partial charge in [-0.2, -0.15) is 4.31 Å². The molecule has 1 aliphatic heterocycles. The summed E-state index contributed by atoms with van der Waals surface area (Å²) in [7, 11) is -2.64. The Hall–Kier alpha value is -1.74. The van der Waals surface area contributed by atoms with E-state index in [0.29, 0.717) is 25.5 Å². The zero-order chi connectivity index (χ0) is 15.8. The molecule has 1 heterocycles. The molecule has 0 aromatic heterocycles. The Morgan fingerprint density at radius 3 is 2.62 bits per heavy atom. The van der Waals surface area contributed by atoms with Crippen molar-refractivity contribution < 1.29 is 17.7 Å². The van der Waals surface area contributed by atoms with Gasteiger partial charge in [0.05, 0.1) is 16.7 Å². The number of hydrogen-bond donors (Lipinski definition) is 1. The number of nitrogens with one attached hydrogen (secondary N) is 1. The maximum absolute atomic E-state index is 14.2. The first-order valence-corrected chi connectivity index (χ1v) is 7.90. The summed E-state index contributed by atoms with van der Waals surface area (Å²) in [5.74, 6) is -1.12. The second-order valence-corrected chi connectivity index (χ2v) is 6.75. The number of anilines is 1. The largest absolute Gasteiger partial charge is 0.387 e. The minimum Gasteiger partial charge on any atom is -0.387 e. The average Bonchev–Trinajstić information content (AvgIpc) is 2.84. The second-order valence-electron chi connectivity index (χ2n) is 4.92. The van der Waals surface area contributed by atoms with E-state index in [1.165, 1.54) is 11.4 Å². The van der Waals surface area contributed by atoms with Crippen LogP contribution in [0.5, 0.6) is 0 Å². The van der Waals surface area contributed by atoms with E-state index in [1.807, 2.05) is 0 Å². The van der Waals surface area contributed by atoms with Crippen molar-refractivity contribution >= 4 is 21.4 Å². The first-order chi connectivity index (χ1) is 9.78. The summed E-state index contributed by atoms with van der Waals surface area (Å²) in [6, 6.07) is 1.44. The third-order valence-corrected chi connectivity index (χ3v) is 5.66. The van der Waals surface area contributed by atoms with Crippen molar-refractivity contribution in [2.24, 2.45) is 0 Å². The van der Waals surface area contributed by atoms with Gasteiger partial charge in [0.15, 0.2) is 5.82 Å². The summed E-state index contributed by atoms with van der Waals surface area (Å²) in [5.41, 5.74) is -0.605. The van der Waals surface area contributed by atoms with Crippen molar-refractivity contribution in [1.29, 1.82) is 0 Å². The molecule has 2 rings (SSSR count). The summed E-state index contributed by atoms with van der Waals surface area (Å²) >= 11 is 0. The van der Waals surface area contributed by atoms with E-state index in [9.17, 15) is 22.9 Å². The van der Waals surface area contributed by atoms with Crippen molar-refractivity contribution in [3.63, 3.8) is 0 Å². The van der Waals surface area contributed by atoms with Crippen molar-refractivity contribution in [3.8, 4) is 0 Å². The molecule has 1 aromatic carbocycles. The topological polar surface area (TPSA) is 92.5 Å². The van der Waals surface area contributed by atoms with Crippen LogP contribution in [0.1, 0.15) is 19.8 Å². The van der Waals surface area contributed by atoms with Crippen molar-refractivity contribution in [2.75, 3.05) is 18.9 Å². The number of nitro benzene ring substituents is 1. The van der Waals surface area contributed by atoms with Crippen LogP contribution in [0.3, 0.4) is 0 Å². The van der Waals surface area contributed by atoms with Crippen LogP contribution in [0, 0.1) is 15.9 Å². The molecule has 7 nitrogen and oxygen atoms in total. The quantitative estimate of drug-likeness (QED) is 0.677. The number of halogens is 1. The molecule has 0 bridgehead atoms. The third-order valence-electron chi connectivity index (χ3n) is 3.57. The van der Waals surface area contributed by atoms with Crippen LogP contribution in [0.4, 0.5) is 15.8 Å². The molecule has 1 unspecified atom stereocenters. The van der Waals surface area contributed by atoms with Crippen molar-refractivity contribution in [3.05, 3.63) is 28.1 Å². The number of hydrogen-bond acceptors (Lipinski definition) is 5. The molecule has 0 saturated carbocycles. The van der Waals surface area contributed by atoms with E-state index in [1.54, 1.807) is 6.92 Å². The molecule has 21 heavy (non-hydrogen) atoms. The lowest BCUT2D eigenvalue weighted by Gasteiger charge is -2.22. The summed E-state index contributed by atoms with van der Waals surface area (Å²) in [4.78, 5) is 9.44. The maximum Gasteiger partial charge on any atom is 0.274 e. The lowest BCUT2D eigenvalue weighted by Crippen LogP contribution is -2.34. The highest BCUT2D eigenvalue weighted by molar-refractivity contribution is 7.89. The highest BCUT2D eigenvalue weighted by Gasteiger charge is 2.37. The highest BCUT2D eigenvalue weighted by Crippen LogP contribution is 2.34. The average molecular weight is 317 g/mol. The second kappa shape index (κ2) is 5.57. The van der Waals surface area contributed by atoms with Gasteiger partial charge in [-0.25, -0.2) is 12.8 Å². The number of rotatable bonds is 4. The van der Waals surface area contributed by atoms with E-state index in [-0.39, 0.29) is 11.7 Å². The molecule has 1 aromatic rings. The molecule has 0 radical (unpaired) electrons. The number of sulfonamides is 1. The van der Waals surface area contributed by atoms with Gasteiger partial charge in [0.1, 0.15) is 4.90 Å². The van der Waals surface area contributed by atoms with Crippen LogP contribution >= 0.6 is 0 Å². The molecule has 0 amide bonds. The number of nitro groups is 1. The Morgan fingerprint density at radius 1 is 1.48 bits per heavy atom. The zero-order valence-electron chi connectivity index (χ0n) is 11.7. The fourth-order valence-corrected chi connectivity index (χ4v) is 4.44. The van der Waals surface area contributed by atoms with Gasteiger partial charge in [0, 0.05) is 25.7 Å². The predicted octanol–water partition coefficient (Wildman–Crippen LogP) is 1.95. The molecular formula is C12H16FN3O4S. The van der Waals surface area contributed by atoms with Crippen LogP contribution in [0.25, 0.3) is 0 Å². The summed E-state index contributed by atoms with van der Waals surface area (Å²) in [6.07, 6.45) is 1.42. The predicted molar refractivity (Wildman–Crippen MR) is 75.2 cm³/mol. The van der Waals surface area contributed by atoms with E-state index >= 15 is 0 Å². The minimum absolute atomic E-state index is 0.110. The SMILES string of the molecule is CNc1cc([N+](=O)[O-])cc(F)c1S(=O)(=O)N1CCCC1C. The van der Waals surface area contributed by atoms with Crippen LogP contribution in [0.15, 0.2) is 17.0 Å². The highest BCUT2D eigenvalue weighted by atomic mass is 32.2. The van der Waals surface area contributed by atoms with E-state index in [2.05, 4.69) is 5.32 Å². The van der Waals surface area contributed by atoms with Gasteiger partial charge in [0.25, 0.3) is 5.69 Å². The summed E-state index contributed by atoms with van der Waals surface area (Å²) in [6.45, 7) is 2.08. The third kappa shape index (κ3) is 2.70. The van der Waals surface area contributed by atoms with Crippen molar-refractivity contribution in [2.45, 2.75) is 30.7 Å². The lowest BCUT2D eigenvalue weighted by atomic mass is 10.2. The van der Waals surface area contributed by atoms with Crippen LogP contribution in [0.2, 0.25) is 0 Å². The van der Waals surface area contributed by atoms with Gasteiger partial charge in [-0.1, -0.05) is 0 Å². The van der Waals surface area contributed by atoms with Gasteiger partial charge in [0.2, 0.25) is 10.0 Å². The van der Waals surface area contributed by atoms with Gasteiger partial charge in [-0.05, 0) is 19.8 Å². The van der Waals surface area contributed by atoms with Crippen molar-refractivity contribution in [1.82, 2.24) is 4.31 Å². The summed E-state index contributed by atoms with van der Waals surface area (Å²) < 4.78 is 40.6. The monoisotopic (exact) mass is 317 g/mol. The Kier molecular flexibility index (Phi) is 4.15. The first-order valence-electron chi connectivity index (χ1n) is 6.46. The van der Waals surface area contributed by atoms with Gasteiger partial charge < -0.3 is 5.32 Å². The Labute approximate surface area is 122 Å². The zero-order valence-corrected chi connectivity index (χ0v) is 12.5. The Bertz CT molecular complexity index is 677. The Morgan fingerprint density at radius 2 is 2.14 bits per heavy atom. The molecular weight excluding hydrogens is 301 g/mol. The van der Waals surface area contributed by atoms with E-state index in [4.69, 9.17) is 0 Å². The molecule has 1 aliphatic rings. The summed E-state index contributed by atoms with van der Waals surface area (Å²) in [5, 5.41) is 13.3. The molecule has 0 aliphatic carbocycles. The van der Waals surface area contributed by atoms with Crippen LogP contribution in [-0.4, -0.2) is 37.3 Å². The lowest BCUT2D eigenvalue weighted by molar-refractivity contribution is -0.385. The standard InChI is InChI=1S/C12H16FN3O4S/c1-8-4-3-5-15(8)21(19,20)12-10(13)6-9(16(17)18)7-11(12)14-2/h6-8,14H,3-5H2,1-2H3. The Balaban J connectivity index is 2.60. The molecule has 1 N–H and O–H groups in total. The van der Waals surface area contributed by atoms with Gasteiger partial charge in [-0.15, -0.1) is 0 Å². The fraction of sp³-hybridized carbons (Fsp3) is 0.500. The molecule has 1 fully saturated rings. The van der Waals surface area contributed by atoms with E-state index in [0.717, 1.165) is 6.07 Å². The minimum atomic E-state index is -4.03. The number of non-ortho nitro benzene ring substituents is 1. The van der Waals surface area contributed by atoms with Gasteiger partial charge >= 0.3 is 0 Å².